The summed E-state index contributed by atoms with van der Waals surface area (Å²) in [7, 11) is 5.84. The van der Waals surface area contributed by atoms with Gasteiger partial charge in [0, 0.05) is 45.2 Å². The number of hydrogen-bond donors (Lipinski definition) is 2. The van der Waals surface area contributed by atoms with Gasteiger partial charge in [0.15, 0.2) is 5.96 Å². The highest BCUT2D eigenvalue weighted by molar-refractivity contribution is 5.79. The second-order valence-corrected chi connectivity index (χ2v) is 6.41. The summed E-state index contributed by atoms with van der Waals surface area (Å²) in [5, 5.41) is 14.7. The predicted molar refractivity (Wildman–Crippen MR) is 108 cm³/mol. The topological polar surface area (TPSA) is 79.6 Å². The van der Waals surface area contributed by atoms with Crippen molar-refractivity contribution in [2.24, 2.45) is 4.99 Å². The highest BCUT2D eigenvalue weighted by Crippen LogP contribution is 2.17. The predicted octanol–water partition coefficient (Wildman–Crippen LogP) is 1.15. The molecule has 0 aliphatic carbocycles. The largest absolute Gasteiger partial charge is 0.492 e. The van der Waals surface area contributed by atoms with Crippen molar-refractivity contribution in [2.75, 3.05) is 40.8 Å². The highest BCUT2D eigenvalue weighted by Gasteiger charge is 2.06. The van der Waals surface area contributed by atoms with Gasteiger partial charge < -0.3 is 24.8 Å². The molecule has 27 heavy (non-hydrogen) atoms. The molecule has 0 aliphatic heterocycles. The van der Waals surface area contributed by atoms with Crippen LogP contribution in [0.3, 0.4) is 0 Å². The van der Waals surface area contributed by atoms with Gasteiger partial charge in [0.2, 0.25) is 0 Å². The summed E-state index contributed by atoms with van der Waals surface area (Å²) in [6.45, 7) is 5.80. The van der Waals surface area contributed by atoms with Gasteiger partial charge in [-0.2, -0.15) is 0 Å². The van der Waals surface area contributed by atoms with E-state index in [4.69, 9.17) is 4.74 Å². The second kappa shape index (κ2) is 11.2. The molecular formula is C19H31N7O. The molecule has 2 rings (SSSR count). The summed E-state index contributed by atoms with van der Waals surface area (Å²) >= 11 is 0. The Balaban J connectivity index is 1.81. The van der Waals surface area contributed by atoms with Gasteiger partial charge in [-0.05, 0) is 20.2 Å². The molecule has 2 aromatic rings. The van der Waals surface area contributed by atoms with Crippen molar-refractivity contribution in [3.8, 4) is 5.75 Å². The van der Waals surface area contributed by atoms with Crippen molar-refractivity contribution in [3.63, 3.8) is 0 Å². The molecule has 0 unspecified atom stereocenters. The van der Waals surface area contributed by atoms with Gasteiger partial charge in [0.25, 0.3) is 0 Å². The van der Waals surface area contributed by atoms with Crippen LogP contribution in [0.4, 0.5) is 0 Å². The maximum atomic E-state index is 5.91. The lowest BCUT2D eigenvalue weighted by Crippen LogP contribution is -2.38. The lowest BCUT2D eigenvalue weighted by molar-refractivity contribution is 0.259. The molecule has 148 valence electrons. The Morgan fingerprint density at radius 2 is 2.07 bits per heavy atom. The molecule has 0 saturated heterocycles. The van der Waals surface area contributed by atoms with Crippen molar-refractivity contribution < 1.29 is 4.74 Å². The summed E-state index contributed by atoms with van der Waals surface area (Å²) < 4.78 is 7.96. The monoisotopic (exact) mass is 373 g/mol. The lowest BCUT2D eigenvalue weighted by Gasteiger charge is -2.16. The van der Waals surface area contributed by atoms with Crippen LogP contribution in [0.15, 0.2) is 35.6 Å². The zero-order valence-corrected chi connectivity index (χ0v) is 16.8. The van der Waals surface area contributed by atoms with Gasteiger partial charge >= 0.3 is 0 Å². The van der Waals surface area contributed by atoms with Gasteiger partial charge in [-0.15, -0.1) is 10.2 Å². The van der Waals surface area contributed by atoms with Crippen LogP contribution in [0.25, 0.3) is 0 Å². The number of nitrogens with one attached hydrogen (secondary N) is 2. The summed E-state index contributed by atoms with van der Waals surface area (Å²) in [4.78, 5) is 6.39. The normalized spacial score (nSPS) is 11.7. The highest BCUT2D eigenvalue weighted by atomic mass is 16.5. The minimum atomic E-state index is 0.644. The third-order valence-corrected chi connectivity index (χ3v) is 4.10. The van der Waals surface area contributed by atoms with Crippen molar-refractivity contribution in [1.82, 2.24) is 30.3 Å². The van der Waals surface area contributed by atoms with E-state index in [2.05, 4.69) is 43.7 Å². The first-order valence-corrected chi connectivity index (χ1v) is 9.30. The van der Waals surface area contributed by atoms with Crippen molar-refractivity contribution in [3.05, 3.63) is 42.0 Å². The Kier molecular flexibility index (Phi) is 8.57. The van der Waals surface area contributed by atoms with Crippen LogP contribution >= 0.6 is 0 Å². The first-order valence-electron chi connectivity index (χ1n) is 9.30. The number of likely N-dealkylation sites (N-methyl/N-ethyl adjacent to an activating group) is 1. The molecule has 0 saturated carbocycles. The third-order valence-electron chi connectivity index (χ3n) is 4.10. The number of ether oxygens (including phenoxy) is 1. The number of aromatic nitrogens is 3. The fraction of sp³-hybridized carbons (Fsp3) is 0.526. The average Bonchev–Trinajstić information content (AvgIpc) is 3.12. The number of nitrogens with zero attached hydrogens (tertiary/aromatic N) is 5. The molecule has 2 N–H and O–H groups in total. The third kappa shape index (κ3) is 6.90. The molecule has 1 aromatic carbocycles. The number of hydrogen-bond acceptors (Lipinski definition) is 5. The fourth-order valence-electron chi connectivity index (χ4n) is 2.56. The van der Waals surface area contributed by atoms with E-state index in [0.29, 0.717) is 13.2 Å². The van der Waals surface area contributed by atoms with Crippen LogP contribution < -0.4 is 15.4 Å². The Morgan fingerprint density at radius 1 is 1.26 bits per heavy atom. The van der Waals surface area contributed by atoms with Crippen LogP contribution in [0.5, 0.6) is 5.75 Å². The quantitative estimate of drug-likeness (QED) is 0.480. The lowest BCUT2D eigenvalue weighted by atomic mass is 10.2. The zero-order valence-electron chi connectivity index (χ0n) is 16.8. The van der Waals surface area contributed by atoms with E-state index in [-0.39, 0.29) is 0 Å². The van der Waals surface area contributed by atoms with E-state index in [1.165, 1.54) is 0 Å². The van der Waals surface area contributed by atoms with E-state index in [1.54, 1.807) is 13.4 Å². The van der Waals surface area contributed by atoms with Crippen LogP contribution in [-0.2, 0) is 19.5 Å². The van der Waals surface area contributed by atoms with E-state index >= 15 is 0 Å². The molecule has 0 atom stereocenters. The molecular weight excluding hydrogens is 342 g/mol. The first kappa shape index (κ1) is 20.7. The second-order valence-electron chi connectivity index (χ2n) is 6.41. The fourth-order valence-corrected chi connectivity index (χ4v) is 2.56. The van der Waals surface area contributed by atoms with Crippen LogP contribution in [-0.4, -0.2) is 66.5 Å². The van der Waals surface area contributed by atoms with E-state index < -0.39 is 0 Å². The molecule has 0 spiro atoms. The summed E-state index contributed by atoms with van der Waals surface area (Å²) in [5.41, 5.74) is 1.10. The Bertz CT molecular complexity index is 712. The molecule has 1 heterocycles. The molecule has 0 aliphatic rings. The van der Waals surface area contributed by atoms with Gasteiger partial charge in [-0.3, -0.25) is 4.99 Å². The average molecular weight is 374 g/mol. The summed E-state index contributed by atoms with van der Waals surface area (Å²) in [6.07, 6.45) is 2.63. The Labute approximate surface area is 161 Å². The first-order chi connectivity index (χ1) is 13.1. The molecule has 8 heteroatoms. The maximum Gasteiger partial charge on any atom is 0.191 e. The summed E-state index contributed by atoms with van der Waals surface area (Å²) in [6, 6.07) is 8.08. The minimum Gasteiger partial charge on any atom is -0.492 e. The van der Waals surface area contributed by atoms with Gasteiger partial charge in [-0.25, -0.2) is 0 Å². The van der Waals surface area contributed by atoms with Gasteiger partial charge in [-0.1, -0.05) is 25.1 Å². The van der Waals surface area contributed by atoms with Gasteiger partial charge in [0.1, 0.15) is 24.5 Å². The number of aryl methyl sites for hydroxylation is 1. The van der Waals surface area contributed by atoms with Gasteiger partial charge in [0.05, 0.1) is 0 Å². The minimum absolute atomic E-state index is 0.644. The number of benzene rings is 1. The Hall–Kier alpha value is -2.61. The standard InChI is InChI=1S/C19H31N7O/c1-5-18-24-23-15-26(18)11-10-21-19(20-2)22-14-16-8-6-7-9-17(16)27-13-12-25(3)4/h6-9,15H,5,10-14H2,1-4H3,(H2,20,21,22). The molecule has 0 fully saturated rings. The molecule has 0 radical (unpaired) electrons. The van der Waals surface area contributed by atoms with Crippen LogP contribution in [0, 0.1) is 0 Å². The number of aliphatic imine (C=N–C) groups is 1. The van der Waals surface area contributed by atoms with E-state index in [9.17, 15) is 0 Å². The molecule has 0 amide bonds. The maximum absolute atomic E-state index is 5.91. The number of guanidine groups is 1. The van der Waals surface area contributed by atoms with E-state index in [1.807, 2.05) is 36.9 Å². The molecule has 1 aromatic heterocycles. The molecule has 8 nitrogen and oxygen atoms in total. The van der Waals surface area contributed by atoms with Crippen molar-refractivity contribution in [1.29, 1.82) is 0 Å². The van der Waals surface area contributed by atoms with Crippen molar-refractivity contribution in [2.45, 2.75) is 26.4 Å². The zero-order chi connectivity index (χ0) is 19.5. The smallest absolute Gasteiger partial charge is 0.191 e. The molecule has 0 bridgehead atoms. The summed E-state index contributed by atoms with van der Waals surface area (Å²) in [5.74, 6) is 2.65. The Morgan fingerprint density at radius 3 is 2.81 bits per heavy atom. The SMILES string of the molecule is CCc1nncn1CCNC(=NC)NCc1ccccc1OCCN(C)C. The van der Waals surface area contributed by atoms with Crippen LogP contribution in [0.1, 0.15) is 18.3 Å². The van der Waals surface area contributed by atoms with Crippen LogP contribution in [0.2, 0.25) is 0 Å². The number of rotatable bonds is 10. The van der Waals surface area contributed by atoms with E-state index in [0.717, 1.165) is 49.2 Å². The number of para-hydroxylation sites is 1. The van der Waals surface area contributed by atoms with Crippen molar-refractivity contribution >= 4 is 5.96 Å².